The molecule has 3 nitrogen and oxygen atoms in total. The largest absolute Gasteiger partial charge is 0.478 e. The molecule has 1 N–H and O–H groups in total. The SMILES string of the molecule is CC(C)N(CC=CC(=O)O)CC1CC1. The summed E-state index contributed by atoms with van der Waals surface area (Å²) in [4.78, 5) is 12.6. The van der Waals surface area contributed by atoms with Gasteiger partial charge in [-0.3, -0.25) is 4.90 Å². The fraction of sp³-hybridized carbons (Fsp3) is 0.727. The second kappa shape index (κ2) is 5.15. The summed E-state index contributed by atoms with van der Waals surface area (Å²) in [5, 5.41) is 8.45. The van der Waals surface area contributed by atoms with Crippen LogP contribution in [0.2, 0.25) is 0 Å². The van der Waals surface area contributed by atoms with Crippen LogP contribution in [0.4, 0.5) is 0 Å². The average Bonchev–Trinajstić information content (AvgIpc) is 2.85. The molecule has 0 bridgehead atoms. The standard InChI is InChI=1S/C11H19NO2/c1-9(2)12(8-10-5-6-10)7-3-4-11(13)14/h3-4,9-10H,5-8H2,1-2H3,(H,13,14). The van der Waals surface area contributed by atoms with Gasteiger partial charge in [0.15, 0.2) is 0 Å². The number of aliphatic carboxylic acids is 1. The molecule has 0 aliphatic heterocycles. The predicted molar refractivity (Wildman–Crippen MR) is 56.2 cm³/mol. The minimum Gasteiger partial charge on any atom is -0.478 e. The molecule has 0 heterocycles. The second-order valence-corrected chi connectivity index (χ2v) is 4.23. The molecule has 14 heavy (non-hydrogen) atoms. The van der Waals surface area contributed by atoms with Crippen LogP contribution >= 0.6 is 0 Å². The fourth-order valence-corrected chi connectivity index (χ4v) is 1.42. The van der Waals surface area contributed by atoms with Gasteiger partial charge < -0.3 is 5.11 Å². The van der Waals surface area contributed by atoms with Gasteiger partial charge in [0, 0.05) is 25.2 Å². The number of hydrogen-bond acceptors (Lipinski definition) is 2. The molecule has 3 heteroatoms. The molecule has 0 unspecified atom stereocenters. The van der Waals surface area contributed by atoms with Crippen molar-refractivity contribution in [1.29, 1.82) is 0 Å². The first-order valence-electron chi connectivity index (χ1n) is 5.23. The molecular formula is C11H19NO2. The van der Waals surface area contributed by atoms with Gasteiger partial charge in [-0.15, -0.1) is 0 Å². The quantitative estimate of drug-likeness (QED) is 0.659. The Morgan fingerprint density at radius 3 is 2.64 bits per heavy atom. The van der Waals surface area contributed by atoms with Crippen LogP contribution in [0.3, 0.4) is 0 Å². The van der Waals surface area contributed by atoms with Crippen molar-refractivity contribution in [2.24, 2.45) is 5.92 Å². The van der Waals surface area contributed by atoms with Crippen LogP contribution in [0.1, 0.15) is 26.7 Å². The molecule has 1 aliphatic rings. The van der Waals surface area contributed by atoms with E-state index in [1.807, 2.05) is 0 Å². The van der Waals surface area contributed by atoms with E-state index in [1.165, 1.54) is 18.9 Å². The van der Waals surface area contributed by atoms with Gasteiger partial charge in [-0.1, -0.05) is 6.08 Å². The number of carboxylic acid groups (broad SMARTS) is 1. The molecule has 0 radical (unpaired) electrons. The van der Waals surface area contributed by atoms with Gasteiger partial charge in [-0.25, -0.2) is 4.79 Å². The number of carbonyl (C=O) groups is 1. The van der Waals surface area contributed by atoms with E-state index in [9.17, 15) is 4.79 Å². The Balaban J connectivity index is 2.30. The summed E-state index contributed by atoms with van der Waals surface area (Å²) in [7, 11) is 0. The van der Waals surface area contributed by atoms with Crippen LogP contribution in [-0.4, -0.2) is 35.1 Å². The van der Waals surface area contributed by atoms with Gasteiger partial charge in [0.2, 0.25) is 0 Å². The van der Waals surface area contributed by atoms with Crippen LogP contribution in [-0.2, 0) is 4.79 Å². The van der Waals surface area contributed by atoms with Crippen LogP contribution < -0.4 is 0 Å². The van der Waals surface area contributed by atoms with E-state index >= 15 is 0 Å². The third-order valence-electron chi connectivity index (χ3n) is 2.52. The average molecular weight is 197 g/mol. The van der Waals surface area contributed by atoms with Gasteiger partial charge >= 0.3 is 5.97 Å². The van der Waals surface area contributed by atoms with Crippen LogP contribution in [0.25, 0.3) is 0 Å². The van der Waals surface area contributed by atoms with Crippen LogP contribution in [0.5, 0.6) is 0 Å². The Morgan fingerprint density at radius 1 is 1.57 bits per heavy atom. The molecule has 0 aromatic carbocycles. The molecule has 0 saturated heterocycles. The molecule has 0 aromatic heterocycles. The van der Waals surface area contributed by atoms with E-state index in [1.54, 1.807) is 6.08 Å². The molecule has 0 aromatic rings. The van der Waals surface area contributed by atoms with Crippen molar-refractivity contribution in [3.63, 3.8) is 0 Å². The molecule has 1 fully saturated rings. The number of hydrogen-bond donors (Lipinski definition) is 1. The summed E-state index contributed by atoms with van der Waals surface area (Å²) in [6.45, 7) is 6.16. The number of nitrogens with zero attached hydrogens (tertiary/aromatic N) is 1. The Morgan fingerprint density at radius 2 is 2.21 bits per heavy atom. The van der Waals surface area contributed by atoms with Crippen molar-refractivity contribution in [2.75, 3.05) is 13.1 Å². The number of carboxylic acids is 1. The molecule has 0 spiro atoms. The van der Waals surface area contributed by atoms with Gasteiger partial charge in [-0.2, -0.15) is 0 Å². The summed E-state index contributed by atoms with van der Waals surface area (Å²) in [5.41, 5.74) is 0. The van der Waals surface area contributed by atoms with Crippen LogP contribution in [0, 0.1) is 5.92 Å². The second-order valence-electron chi connectivity index (χ2n) is 4.23. The minimum absolute atomic E-state index is 0.494. The third-order valence-corrected chi connectivity index (χ3v) is 2.52. The first-order valence-corrected chi connectivity index (χ1v) is 5.23. The van der Waals surface area contributed by atoms with Gasteiger partial charge in [0.25, 0.3) is 0 Å². The molecule has 1 rings (SSSR count). The van der Waals surface area contributed by atoms with Crippen molar-refractivity contribution in [3.05, 3.63) is 12.2 Å². The van der Waals surface area contributed by atoms with E-state index in [0.29, 0.717) is 6.04 Å². The summed E-state index contributed by atoms with van der Waals surface area (Å²) in [6, 6.07) is 0.494. The van der Waals surface area contributed by atoms with Gasteiger partial charge in [-0.05, 0) is 32.6 Å². The normalized spacial score (nSPS) is 17.1. The fourth-order valence-electron chi connectivity index (χ4n) is 1.42. The zero-order valence-corrected chi connectivity index (χ0v) is 8.94. The lowest BCUT2D eigenvalue weighted by Crippen LogP contribution is -2.32. The summed E-state index contributed by atoms with van der Waals surface area (Å²) >= 11 is 0. The Kier molecular flexibility index (Phi) is 4.14. The Labute approximate surface area is 85.4 Å². The molecule has 0 amide bonds. The maximum Gasteiger partial charge on any atom is 0.328 e. The van der Waals surface area contributed by atoms with Crippen LogP contribution in [0.15, 0.2) is 12.2 Å². The first-order chi connectivity index (χ1) is 6.59. The summed E-state index contributed by atoms with van der Waals surface area (Å²) in [5.74, 6) is -0.00393. The highest BCUT2D eigenvalue weighted by atomic mass is 16.4. The molecule has 80 valence electrons. The predicted octanol–water partition coefficient (Wildman–Crippen LogP) is 1.75. The van der Waals surface area contributed by atoms with Gasteiger partial charge in [0.1, 0.15) is 0 Å². The maximum absolute atomic E-state index is 10.3. The smallest absolute Gasteiger partial charge is 0.328 e. The Bertz CT molecular complexity index is 219. The van der Waals surface area contributed by atoms with Gasteiger partial charge in [0.05, 0.1) is 0 Å². The molecular weight excluding hydrogens is 178 g/mol. The lowest BCUT2D eigenvalue weighted by molar-refractivity contribution is -0.131. The van der Waals surface area contributed by atoms with E-state index in [-0.39, 0.29) is 0 Å². The first kappa shape index (κ1) is 11.2. The highest BCUT2D eigenvalue weighted by Gasteiger charge is 2.24. The minimum atomic E-state index is -0.861. The van der Waals surface area contributed by atoms with Crippen molar-refractivity contribution in [1.82, 2.24) is 4.90 Å². The highest BCUT2D eigenvalue weighted by Crippen LogP contribution is 2.30. The summed E-state index contributed by atoms with van der Waals surface area (Å²) < 4.78 is 0. The van der Waals surface area contributed by atoms with E-state index in [4.69, 9.17) is 5.11 Å². The van der Waals surface area contributed by atoms with Crippen molar-refractivity contribution < 1.29 is 9.90 Å². The van der Waals surface area contributed by atoms with Crippen molar-refractivity contribution >= 4 is 5.97 Å². The zero-order chi connectivity index (χ0) is 10.6. The monoisotopic (exact) mass is 197 g/mol. The topological polar surface area (TPSA) is 40.5 Å². The van der Waals surface area contributed by atoms with E-state index < -0.39 is 5.97 Å². The molecule has 1 saturated carbocycles. The van der Waals surface area contributed by atoms with E-state index in [0.717, 1.165) is 19.0 Å². The maximum atomic E-state index is 10.3. The summed E-state index contributed by atoms with van der Waals surface area (Å²) in [6.07, 6.45) is 5.63. The zero-order valence-electron chi connectivity index (χ0n) is 8.94. The lowest BCUT2D eigenvalue weighted by Gasteiger charge is -2.24. The van der Waals surface area contributed by atoms with Crippen molar-refractivity contribution in [3.8, 4) is 0 Å². The van der Waals surface area contributed by atoms with Crippen molar-refractivity contribution in [2.45, 2.75) is 32.7 Å². The van der Waals surface area contributed by atoms with E-state index in [2.05, 4.69) is 18.7 Å². The molecule has 0 atom stereocenters. The number of rotatable bonds is 6. The lowest BCUT2D eigenvalue weighted by atomic mass is 10.2. The Hall–Kier alpha value is -0.830. The molecule has 1 aliphatic carbocycles. The third kappa shape index (κ3) is 4.42. The highest BCUT2D eigenvalue weighted by molar-refractivity contribution is 5.79.